The zero-order valence-electron chi connectivity index (χ0n) is 14.7. The van der Waals surface area contributed by atoms with E-state index in [9.17, 15) is 4.79 Å². The van der Waals surface area contributed by atoms with Crippen molar-refractivity contribution >= 4 is 11.6 Å². The third kappa shape index (κ3) is 5.54. The van der Waals surface area contributed by atoms with Crippen molar-refractivity contribution in [1.82, 2.24) is 5.32 Å². The Morgan fingerprint density at radius 3 is 2.96 bits per heavy atom. The summed E-state index contributed by atoms with van der Waals surface area (Å²) in [6, 6.07) is 5.84. The molecule has 1 aliphatic heterocycles. The van der Waals surface area contributed by atoms with Gasteiger partial charge < -0.3 is 15.4 Å². The van der Waals surface area contributed by atoms with Crippen LogP contribution in [-0.2, 0) is 4.79 Å². The summed E-state index contributed by atoms with van der Waals surface area (Å²) in [5, 5.41) is 6.47. The van der Waals surface area contributed by atoms with E-state index in [1.165, 1.54) is 12.8 Å². The van der Waals surface area contributed by atoms with Crippen LogP contribution in [0.1, 0.15) is 45.1 Å². The van der Waals surface area contributed by atoms with Gasteiger partial charge in [0.1, 0.15) is 5.75 Å². The summed E-state index contributed by atoms with van der Waals surface area (Å²) in [4.78, 5) is 12.3. The number of benzene rings is 1. The molecule has 0 radical (unpaired) electrons. The smallest absolute Gasteiger partial charge is 0.224 e. The molecule has 1 fully saturated rings. The Morgan fingerprint density at radius 2 is 2.30 bits per heavy atom. The van der Waals surface area contributed by atoms with E-state index in [4.69, 9.17) is 4.74 Å². The molecule has 0 saturated carbocycles. The van der Waals surface area contributed by atoms with E-state index in [0.29, 0.717) is 18.3 Å². The zero-order chi connectivity index (χ0) is 16.7. The van der Waals surface area contributed by atoms with Gasteiger partial charge in [-0.3, -0.25) is 4.79 Å². The van der Waals surface area contributed by atoms with Crippen molar-refractivity contribution in [1.29, 1.82) is 0 Å². The summed E-state index contributed by atoms with van der Waals surface area (Å²) in [6.45, 7) is 9.15. The summed E-state index contributed by atoms with van der Waals surface area (Å²) >= 11 is 0. The first-order valence-corrected chi connectivity index (χ1v) is 8.84. The van der Waals surface area contributed by atoms with E-state index in [1.807, 2.05) is 25.1 Å². The molecule has 1 amide bonds. The standard InChI is InChI=1S/C19H30N2O2/c1-4-10-23-17-7-8-18(15(3)11-17)21-19(22)12-14(2)16-6-5-9-20-13-16/h7-8,11,14,16,20H,4-6,9-10,12-13H2,1-3H3,(H,21,22). The minimum atomic E-state index is 0.105. The predicted molar refractivity (Wildman–Crippen MR) is 95.0 cm³/mol. The molecule has 1 aliphatic rings. The van der Waals surface area contributed by atoms with Crippen LogP contribution in [0.25, 0.3) is 0 Å². The maximum Gasteiger partial charge on any atom is 0.224 e. The summed E-state index contributed by atoms with van der Waals surface area (Å²) < 4.78 is 5.62. The van der Waals surface area contributed by atoms with Crippen LogP contribution in [-0.4, -0.2) is 25.6 Å². The van der Waals surface area contributed by atoms with Crippen molar-refractivity contribution in [2.45, 2.75) is 46.5 Å². The molecule has 1 aromatic carbocycles. The third-order valence-corrected chi connectivity index (χ3v) is 4.59. The molecule has 2 atom stereocenters. The maximum atomic E-state index is 12.3. The zero-order valence-corrected chi connectivity index (χ0v) is 14.7. The number of rotatable bonds is 7. The van der Waals surface area contributed by atoms with E-state index >= 15 is 0 Å². The Labute approximate surface area is 140 Å². The SMILES string of the molecule is CCCOc1ccc(NC(=O)CC(C)C2CCCNC2)c(C)c1. The van der Waals surface area contributed by atoms with Gasteiger partial charge in [-0.25, -0.2) is 0 Å². The van der Waals surface area contributed by atoms with Crippen molar-refractivity contribution in [2.75, 3.05) is 25.0 Å². The first-order valence-electron chi connectivity index (χ1n) is 8.84. The van der Waals surface area contributed by atoms with Gasteiger partial charge in [0.2, 0.25) is 5.91 Å². The summed E-state index contributed by atoms with van der Waals surface area (Å²) in [7, 11) is 0. The number of ether oxygens (including phenoxy) is 1. The molecular formula is C19H30N2O2. The Balaban J connectivity index is 1.86. The number of anilines is 1. The molecule has 0 bridgehead atoms. The van der Waals surface area contributed by atoms with Gasteiger partial charge in [-0.2, -0.15) is 0 Å². The molecule has 1 aromatic rings. The van der Waals surface area contributed by atoms with Crippen LogP contribution in [0.15, 0.2) is 18.2 Å². The Morgan fingerprint density at radius 1 is 1.48 bits per heavy atom. The van der Waals surface area contributed by atoms with Crippen LogP contribution in [0.5, 0.6) is 5.75 Å². The number of hydrogen-bond acceptors (Lipinski definition) is 3. The normalized spacial score (nSPS) is 19.2. The lowest BCUT2D eigenvalue weighted by atomic mass is 9.85. The van der Waals surface area contributed by atoms with Crippen LogP contribution in [0, 0.1) is 18.8 Å². The fraction of sp³-hybridized carbons (Fsp3) is 0.632. The minimum absolute atomic E-state index is 0.105. The van der Waals surface area contributed by atoms with Crippen LogP contribution in [0.4, 0.5) is 5.69 Å². The summed E-state index contributed by atoms with van der Waals surface area (Å²) in [5.74, 6) is 1.99. The topological polar surface area (TPSA) is 50.4 Å². The number of carbonyl (C=O) groups excluding carboxylic acids is 1. The molecule has 1 saturated heterocycles. The van der Waals surface area contributed by atoms with Crippen LogP contribution >= 0.6 is 0 Å². The summed E-state index contributed by atoms with van der Waals surface area (Å²) in [6.07, 6.45) is 4.02. The average Bonchev–Trinajstić information content (AvgIpc) is 2.56. The van der Waals surface area contributed by atoms with Gasteiger partial charge in [0.25, 0.3) is 0 Å². The van der Waals surface area contributed by atoms with E-state index in [-0.39, 0.29) is 5.91 Å². The Kier molecular flexibility index (Phi) is 6.90. The molecular weight excluding hydrogens is 288 g/mol. The molecule has 0 aromatic heterocycles. The van der Waals surface area contributed by atoms with Crippen molar-refractivity contribution in [2.24, 2.45) is 11.8 Å². The van der Waals surface area contributed by atoms with E-state index in [2.05, 4.69) is 24.5 Å². The van der Waals surface area contributed by atoms with Crippen LogP contribution in [0.2, 0.25) is 0 Å². The van der Waals surface area contributed by atoms with Gasteiger partial charge in [-0.1, -0.05) is 13.8 Å². The molecule has 0 spiro atoms. The second kappa shape index (κ2) is 8.92. The largest absolute Gasteiger partial charge is 0.494 e. The summed E-state index contributed by atoms with van der Waals surface area (Å²) in [5.41, 5.74) is 1.92. The molecule has 2 N–H and O–H groups in total. The van der Waals surface area contributed by atoms with Gasteiger partial charge in [-0.05, 0) is 74.9 Å². The monoisotopic (exact) mass is 318 g/mol. The highest BCUT2D eigenvalue weighted by Crippen LogP contribution is 2.25. The fourth-order valence-electron chi connectivity index (χ4n) is 3.11. The number of amides is 1. The lowest BCUT2D eigenvalue weighted by Gasteiger charge is -2.28. The predicted octanol–water partition coefficient (Wildman–Crippen LogP) is 3.75. The first kappa shape index (κ1) is 17.8. The van der Waals surface area contributed by atoms with E-state index in [1.54, 1.807) is 0 Å². The van der Waals surface area contributed by atoms with Crippen LogP contribution < -0.4 is 15.4 Å². The van der Waals surface area contributed by atoms with Gasteiger partial charge in [0.05, 0.1) is 6.61 Å². The molecule has 2 unspecified atom stereocenters. The van der Waals surface area contributed by atoms with Crippen LogP contribution in [0.3, 0.4) is 0 Å². The lowest BCUT2D eigenvalue weighted by Crippen LogP contribution is -2.34. The van der Waals surface area contributed by atoms with E-state index < -0.39 is 0 Å². The fourth-order valence-corrected chi connectivity index (χ4v) is 3.11. The number of piperidine rings is 1. The number of carbonyl (C=O) groups is 1. The molecule has 4 nitrogen and oxygen atoms in total. The van der Waals surface area contributed by atoms with E-state index in [0.717, 1.165) is 43.1 Å². The number of hydrogen-bond donors (Lipinski definition) is 2. The second-order valence-corrected chi connectivity index (χ2v) is 6.66. The minimum Gasteiger partial charge on any atom is -0.494 e. The average molecular weight is 318 g/mol. The highest BCUT2D eigenvalue weighted by atomic mass is 16.5. The molecule has 23 heavy (non-hydrogen) atoms. The third-order valence-electron chi connectivity index (χ3n) is 4.59. The van der Waals surface area contributed by atoms with Gasteiger partial charge in [0.15, 0.2) is 0 Å². The molecule has 128 valence electrons. The Bertz CT molecular complexity index is 510. The maximum absolute atomic E-state index is 12.3. The second-order valence-electron chi connectivity index (χ2n) is 6.66. The number of nitrogens with one attached hydrogen (secondary N) is 2. The lowest BCUT2D eigenvalue weighted by molar-refractivity contribution is -0.117. The van der Waals surface area contributed by atoms with Crippen molar-refractivity contribution < 1.29 is 9.53 Å². The van der Waals surface area contributed by atoms with Crippen molar-refractivity contribution in [3.8, 4) is 5.75 Å². The molecule has 1 heterocycles. The highest BCUT2D eigenvalue weighted by molar-refractivity contribution is 5.91. The van der Waals surface area contributed by atoms with Gasteiger partial charge in [-0.15, -0.1) is 0 Å². The number of aryl methyl sites for hydroxylation is 1. The Hall–Kier alpha value is -1.55. The van der Waals surface area contributed by atoms with Gasteiger partial charge in [0, 0.05) is 12.1 Å². The first-order chi connectivity index (χ1) is 11.1. The van der Waals surface area contributed by atoms with Crippen molar-refractivity contribution in [3.63, 3.8) is 0 Å². The molecule has 2 rings (SSSR count). The molecule has 4 heteroatoms. The highest BCUT2D eigenvalue weighted by Gasteiger charge is 2.22. The van der Waals surface area contributed by atoms with Crippen molar-refractivity contribution in [3.05, 3.63) is 23.8 Å². The quantitative estimate of drug-likeness (QED) is 0.805. The van der Waals surface area contributed by atoms with Gasteiger partial charge >= 0.3 is 0 Å². The molecule has 0 aliphatic carbocycles.